The number of rotatable bonds is 3. The zero-order valence-electron chi connectivity index (χ0n) is 11.1. The fourth-order valence-corrected chi connectivity index (χ4v) is 2.54. The first-order valence-electron chi connectivity index (χ1n) is 6.45. The Kier molecular flexibility index (Phi) is 3.75. The molecule has 2 aromatic carbocycles. The van der Waals surface area contributed by atoms with Crippen molar-refractivity contribution < 1.29 is 4.39 Å². The summed E-state index contributed by atoms with van der Waals surface area (Å²) in [6, 6.07) is 14.8. The van der Waals surface area contributed by atoms with Crippen LogP contribution in [-0.2, 0) is 6.54 Å². The minimum Gasteiger partial charge on any atom is -0.383 e. The summed E-state index contributed by atoms with van der Waals surface area (Å²) < 4.78 is 15.6. The monoisotopic (exact) mass is 345 g/mol. The highest BCUT2D eigenvalue weighted by atomic mass is 79.9. The largest absolute Gasteiger partial charge is 0.383 e. The summed E-state index contributed by atoms with van der Waals surface area (Å²) in [5.41, 5.74) is 8.75. The van der Waals surface area contributed by atoms with Gasteiger partial charge in [0.1, 0.15) is 17.3 Å². The van der Waals surface area contributed by atoms with Gasteiger partial charge in [0, 0.05) is 5.56 Å². The molecule has 21 heavy (non-hydrogen) atoms. The van der Waals surface area contributed by atoms with Crippen molar-refractivity contribution >= 4 is 21.7 Å². The van der Waals surface area contributed by atoms with E-state index in [4.69, 9.17) is 5.73 Å². The quantitative estimate of drug-likeness (QED) is 0.777. The molecule has 0 aliphatic rings. The number of halogens is 2. The molecule has 0 bridgehead atoms. The highest BCUT2D eigenvalue weighted by molar-refractivity contribution is 9.10. The summed E-state index contributed by atoms with van der Waals surface area (Å²) in [5, 5.41) is 0. The molecule has 0 atom stereocenters. The summed E-state index contributed by atoms with van der Waals surface area (Å²) >= 11 is 3.18. The van der Waals surface area contributed by atoms with E-state index in [0.29, 0.717) is 22.5 Å². The predicted octanol–water partition coefficient (Wildman–Crippen LogP) is 4.08. The van der Waals surface area contributed by atoms with Crippen LogP contribution in [0.3, 0.4) is 0 Å². The van der Waals surface area contributed by atoms with Gasteiger partial charge >= 0.3 is 0 Å². The lowest BCUT2D eigenvalue weighted by Gasteiger charge is -2.06. The molecule has 0 radical (unpaired) electrons. The van der Waals surface area contributed by atoms with Gasteiger partial charge in [-0.25, -0.2) is 9.37 Å². The van der Waals surface area contributed by atoms with Crippen LogP contribution in [0.5, 0.6) is 0 Å². The minimum absolute atomic E-state index is 0.305. The second-order valence-electron chi connectivity index (χ2n) is 4.72. The molecule has 1 heterocycles. The van der Waals surface area contributed by atoms with Crippen molar-refractivity contribution in [3.05, 3.63) is 70.7 Å². The van der Waals surface area contributed by atoms with Gasteiger partial charge in [-0.15, -0.1) is 0 Å². The molecule has 5 heteroatoms. The Hall–Kier alpha value is -2.14. The molecule has 0 fully saturated rings. The Morgan fingerprint density at radius 2 is 1.90 bits per heavy atom. The molecule has 0 amide bonds. The molecule has 106 valence electrons. The lowest BCUT2D eigenvalue weighted by Crippen LogP contribution is -2.03. The normalized spacial score (nSPS) is 10.8. The number of aromatic nitrogens is 2. The maximum absolute atomic E-state index is 13.3. The Morgan fingerprint density at radius 1 is 1.14 bits per heavy atom. The number of nitrogens with two attached hydrogens (primary N) is 1. The van der Waals surface area contributed by atoms with Crippen LogP contribution in [0.4, 0.5) is 10.2 Å². The maximum Gasteiger partial charge on any atom is 0.137 e. The van der Waals surface area contributed by atoms with Crippen molar-refractivity contribution in [3.8, 4) is 11.3 Å². The smallest absolute Gasteiger partial charge is 0.137 e. The van der Waals surface area contributed by atoms with Gasteiger partial charge in [-0.1, -0.05) is 30.3 Å². The zero-order chi connectivity index (χ0) is 14.8. The van der Waals surface area contributed by atoms with E-state index < -0.39 is 0 Å². The number of nitrogen functional groups attached to an aromatic ring is 1. The van der Waals surface area contributed by atoms with Gasteiger partial charge in [0.2, 0.25) is 0 Å². The highest BCUT2D eigenvalue weighted by Gasteiger charge is 2.11. The molecule has 0 unspecified atom stereocenters. The number of nitrogens with zero attached hydrogens (tertiary/aromatic N) is 2. The van der Waals surface area contributed by atoms with E-state index in [9.17, 15) is 4.39 Å². The molecule has 2 N–H and O–H groups in total. The third-order valence-electron chi connectivity index (χ3n) is 3.27. The van der Waals surface area contributed by atoms with Gasteiger partial charge in [-0.3, -0.25) is 0 Å². The van der Waals surface area contributed by atoms with Crippen LogP contribution in [0.15, 0.2) is 59.3 Å². The number of anilines is 1. The number of benzene rings is 2. The first kappa shape index (κ1) is 13.8. The van der Waals surface area contributed by atoms with Crippen molar-refractivity contribution in [2.45, 2.75) is 6.54 Å². The van der Waals surface area contributed by atoms with Crippen LogP contribution >= 0.6 is 15.9 Å². The Morgan fingerprint density at radius 3 is 2.62 bits per heavy atom. The third kappa shape index (κ3) is 2.83. The molecule has 0 saturated heterocycles. The van der Waals surface area contributed by atoms with Crippen LogP contribution in [0.25, 0.3) is 11.3 Å². The Labute approximate surface area is 130 Å². The van der Waals surface area contributed by atoms with E-state index in [1.807, 2.05) is 34.9 Å². The predicted molar refractivity (Wildman–Crippen MR) is 85.3 cm³/mol. The molecule has 3 aromatic rings. The SMILES string of the molecule is Nc1c(-c2ccc(F)c(Br)c2)ncn1Cc1ccccc1. The van der Waals surface area contributed by atoms with E-state index in [-0.39, 0.29) is 5.82 Å². The zero-order valence-corrected chi connectivity index (χ0v) is 12.7. The molecular weight excluding hydrogens is 333 g/mol. The number of hydrogen-bond donors (Lipinski definition) is 1. The van der Waals surface area contributed by atoms with Crippen LogP contribution in [0, 0.1) is 5.82 Å². The molecular formula is C16H13BrFN3. The molecule has 3 rings (SSSR count). The van der Waals surface area contributed by atoms with Gasteiger partial charge in [0.15, 0.2) is 0 Å². The summed E-state index contributed by atoms with van der Waals surface area (Å²) in [5.74, 6) is 0.262. The average Bonchev–Trinajstić information content (AvgIpc) is 2.84. The van der Waals surface area contributed by atoms with Gasteiger partial charge in [0.05, 0.1) is 17.3 Å². The van der Waals surface area contributed by atoms with Crippen molar-refractivity contribution in [3.63, 3.8) is 0 Å². The van der Waals surface area contributed by atoms with Gasteiger partial charge < -0.3 is 10.3 Å². The van der Waals surface area contributed by atoms with E-state index in [1.54, 1.807) is 18.5 Å². The standard InChI is InChI=1S/C16H13BrFN3/c17-13-8-12(6-7-14(13)18)15-16(19)21(10-20-15)9-11-4-2-1-3-5-11/h1-8,10H,9,19H2. The van der Waals surface area contributed by atoms with Crippen molar-refractivity contribution in [1.29, 1.82) is 0 Å². The van der Waals surface area contributed by atoms with E-state index in [1.165, 1.54) is 6.07 Å². The fraction of sp³-hybridized carbons (Fsp3) is 0.0625. The summed E-state index contributed by atoms with van der Waals surface area (Å²) in [6.07, 6.45) is 1.70. The molecule has 0 aliphatic heterocycles. The molecule has 3 nitrogen and oxygen atoms in total. The second kappa shape index (κ2) is 5.69. The first-order valence-corrected chi connectivity index (χ1v) is 7.24. The first-order chi connectivity index (χ1) is 10.1. The third-order valence-corrected chi connectivity index (χ3v) is 3.87. The summed E-state index contributed by atoms with van der Waals surface area (Å²) in [4.78, 5) is 4.35. The summed E-state index contributed by atoms with van der Waals surface area (Å²) in [7, 11) is 0. The number of imidazole rings is 1. The van der Waals surface area contributed by atoms with Crippen molar-refractivity contribution in [2.75, 3.05) is 5.73 Å². The Balaban J connectivity index is 1.93. The second-order valence-corrected chi connectivity index (χ2v) is 5.58. The molecule has 0 saturated carbocycles. The van der Waals surface area contributed by atoms with E-state index >= 15 is 0 Å². The van der Waals surface area contributed by atoms with Crippen LogP contribution in [0.2, 0.25) is 0 Å². The number of hydrogen-bond acceptors (Lipinski definition) is 2. The summed E-state index contributed by atoms with van der Waals surface area (Å²) in [6.45, 7) is 0.655. The average molecular weight is 346 g/mol. The molecule has 0 spiro atoms. The van der Waals surface area contributed by atoms with E-state index in [2.05, 4.69) is 20.9 Å². The van der Waals surface area contributed by atoms with Crippen LogP contribution < -0.4 is 5.73 Å². The minimum atomic E-state index is -0.305. The van der Waals surface area contributed by atoms with Crippen molar-refractivity contribution in [1.82, 2.24) is 9.55 Å². The van der Waals surface area contributed by atoms with Crippen LogP contribution in [0.1, 0.15) is 5.56 Å². The van der Waals surface area contributed by atoms with Crippen molar-refractivity contribution in [2.24, 2.45) is 0 Å². The highest BCUT2D eigenvalue weighted by Crippen LogP contribution is 2.28. The van der Waals surface area contributed by atoms with Crippen LogP contribution in [-0.4, -0.2) is 9.55 Å². The van der Waals surface area contributed by atoms with Gasteiger partial charge in [-0.2, -0.15) is 0 Å². The van der Waals surface area contributed by atoms with Gasteiger partial charge in [0.25, 0.3) is 0 Å². The Bertz CT molecular complexity index is 768. The fourth-order valence-electron chi connectivity index (χ4n) is 2.16. The lowest BCUT2D eigenvalue weighted by molar-refractivity contribution is 0.621. The molecule has 1 aromatic heterocycles. The topological polar surface area (TPSA) is 43.8 Å². The van der Waals surface area contributed by atoms with Gasteiger partial charge in [-0.05, 0) is 39.7 Å². The lowest BCUT2D eigenvalue weighted by atomic mass is 10.1. The maximum atomic E-state index is 13.3. The van der Waals surface area contributed by atoms with E-state index in [0.717, 1.165) is 11.1 Å². The molecule has 0 aliphatic carbocycles.